The Labute approximate surface area is 219 Å². The summed E-state index contributed by atoms with van der Waals surface area (Å²) >= 11 is 0. The Morgan fingerprint density at radius 3 is 2.14 bits per heavy atom. The fourth-order valence-electron chi connectivity index (χ4n) is 4.49. The Morgan fingerprint density at radius 1 is 0.865 bits per heavy atom. The lowest BCUT2D eigenvalue weighted by Crippen LogP contribution is -2.45. The first-order chi connectivity index (χ1) is 17.9. The summed E-state index contributed by atoms with van der Waals surface area (Å²) < 4.78 is 4.70. The largest absolute Gasteiger partial charge is 0.466 e. The highest BCUT2D eigenvalue weighted by Crippen LogP contribution is 2.26. The number of nitrogens with zero attached hydrogens (tertiary/aromatic N) is 3. The van der Waals surface area contributed by atoms with Gasteiger partial charge in [-0.25, -0.2) is 9.59 Å². The van der Waals surface area contributed by atoms with Crippen molar-refractivity contribution < 1.29 is 14.3 Å². The summed E-state index contributed by atoms with van der Waals surface area (Å²) in [7, 11) is 5.42. The molecule has 0 radical (unpaired) electrons. The highest BCUT2D eigenvalue weighted by molar-refractivity contribution is 5.93. The number of carbonyl (C=O) groups is 2. The SMILES string of the molecule is COC(=O)/C=C/c1cccc(N(Cc2ccc(-c3ccc(N(C)C)cc3)cc2)C(=O)N2CCCCC2)c1. The summed E-state index contributed by atoms with van der Waals surface area (Å²) in [5.41, 5.74) is 6.13. The van der Waals surface area contributed by atoms with E-state index in [9.17, 15) is 9.59 Å². The molecule has 6 nitrogen and oxygen atoms in total. The lowest BCUT2D eigenvalue weighted by molar-refractivity contribution is -0.134. The fourth-order valence-corrected chi connectivity index (χ4v) is 4.49. The number of hydrogen-bond donors (Lipinski definition) is 0. The molecule has 1 saturated heterocycles. The normalized spacial score (nSPS) is 13.4. The van der Waals surface area contributed by atoms with Crippen molar-refractivity contribution in [3.8, 4) is 11.1 Å². The van der Waals surface area contributed by atoms with Crippen LogP contribution >= 0.6 is 0 Å². The number of benzene rings is 3. The van der Waals surface area contributed by atoms with Crippen LogP contribution in [0.5, 0.6) is 0 Å². The number of esters is 1. The lowest BCUT2D eigenvalue weighted by Gasteiger charge is -2.33. The van der Waals surface area contributed by atoms with Gasteiger partial charge in [-0.05, 0) is 71.9 Å². The molecule has 0 bridgehead atoms. The molecule has 3 aromatic carbocycles. The number of ether oxygens (including phenoxy) is 1. The average molecular weight is 498 g/mol. The van der Waals surface area contributed by atoms with Crippen LogP contribution in [0.1, 0.15) is 30.4 Å². The summed E-state index contributed by atoms with van der Waals surface area (Å²) in [6.07, 6.45) is 6.31. The number of methoxy groups -OCH3 is 1. The molecule has 37 heavy (non-hydrogen) atoms. The minimum Gasteiger partial charge on any atom is -0.466 e. The minimum atomic E-state index is -0.414. The fraction of sp³-hybridized carbons (Fsp3) is 0.290. The van der Waals surface area contributed by atoms with Gasteiger partial charge in [0.1, 0.15) is 0 Å². The van der Waals surface area contributed by atoms with Crippen LogP contribution in [0.2, 0.25) is 0 Å². The van der Waals surface area contributed by atoms with Gasteiger partial charge in [-0.1, -0.05) is 48.5 Å². The Bertz CT molecular complexity index is 1230. The highest BCUT2D eigenvalue weighted by atomic mass is 16.5. The Kier molecular flexibility index (Phi) is 8.62. The van der Waals surface area contributed by atoms with E-state index in [1.54, 1.807) is 6.08 Å². The predicted molar refractivity (Wildman–Crippen MR) is 151 cm³/mol. The lowest BCUT2D eigenvalue weighted by atomic mass is 10.0. The van der Waals surface area contributed by atoms with Crippen molar-refractivity contribution in [2.45, 2.75) is 25.8 Å². The molecule has 4 rings (SSSR count). The van der Waals surface area contributed by atoms with E-state index < -0.39 is 5.97 Å². The molecule has 0 N–H and O–H groups in total. The van der Waals surface area contributed by atoms with Gasteiger partial charge in [0.2, 0.25) is 0 Å². The minimum absolute atomic E-state index is 0.0112. The van der Waals surface area contributed by atoms with Crippen molar-refractivity contribution in [2.75, 3.05) is 44.1 Å². The van der Waals surface area contributed by atoms with Gasteiger partial charge in [-0.15, -0.1) is 0 Å². The molecular weight excluding hydrogens is 462 g/mol. The van der Waals surface area contributed by atoms with Crippen molar-refractivity contribution in [1.29, 1.82) is 0 Å². The molecule has 0 atom stereocenters. The van der Waals surface area contributed by atoms with Gasteiger partial charge in [-0.2, -0.15) is 0 Å². The van der Waals surface area contributed by atoms with Crippen molar-refractivity contribution in [3.63, 3.8) is 0 Å². The maximum absolute atomic E-state index is 13.7. The van der Waals surface area contributed by atoms with Crippen LogP contribution in [-0.4, -0.2) is 51.2 Å². The maximum atomic E-state index is 13.7. The second kappa shape index (κ2) is 12.3. The Hall–Kier alpha value is -4.06. The van der Waals surface area contributed by atoms with Crippen molar-refractivity contribution in [1.82, 2.24) is 4.90 Å². The zero-order valence-electron chi connectivity index (χ0n) is 21.9. The number of piperidine rings is 1. The van der Waals surface area contributed by atoms with Gasteiger partial charge in [-0.3, -0.25) is 4.90 Å². The van der Waals surface area contributed by atoms with Gasteiger partial charge in [0.25, 0.3) is 0 Å². The standard InChI is InChI=1S/C31H35N3O3/c1-32(2)28-17-15-27(16-18-28)26-13-10-25(11-14-26)23-34(31(36)33-20-5-4-6-21-33)29-9-7-8-24(22-29)12-19-30(35)37-3/h7-19,22H,4-6,20-21,23H2,1-3H3/b19-12+. The van der Waals surface area contributed by atoms with Gasteiger partial charge in [0, 0.05) is 44.6 Å². The van der Waals surface area contributed by atoms with Crippen LogP contribution in [0.15, 0.2) is 78.9 Å². The molecule has 0 aliphatic carbocycles. The highest BCUT2D eigenvalue weighted by Gasteiger charge is 2.24. The predicted octanol–water partition coefficient (Wildman–Crippen LogP) is 6.22. The third kappa shape index (κ3) is 6.79. The van der Waals surface area contributed by atoms with Gasteiger partial charge >= 0.3 is 12.0 Å². The first kappa shape index (κ1) is 26.0. The number of likely N-dealkylation sites (tertiary alicyclic amines) is 1. The van der Waals surface area contributed by atoms with Crippen LogP contribution in [-0.2, 0) is 16.1 Å². The molecule has 1 aliphatic heterocycles. The quantitative estimate of drug-likeness (QED) is 0.287. The molecule has 2 amide bonds. The number of anilines is 2. The second-order valence-electron chi connectivity index (χ2n) is 9.51. The van der Waals surface area contributed by atoms with E-state index in [1.807, 2.05) is 48.2 Å². The molecule has 0 saturated carbocycles. The van der Waals surface area contributed by atoms with E-state index in [4.69, 9.17) is 4.74 Å². The molecule has 1 fully saturated rings. The summed E-state index contributed by atoms with van der Waals surface area (Å²) in [5.74, 6) is -0.414. The van der Waals surface area contributed by atoms with Crippen molar-refractivity contribution in [3.05, 3.63) is 90.0 Å². The smallest absolute Gasteiger partial charge is 0.330 e. The third-order valence-corrected chi connectivity index (χ3v) is 6.66. The van der Waals surface area contributed by atoms with E-state index in [2.05, 4.69) is 53.4 Å². The van der Waals surface area contributed by atoms with E-state index in [0.717, 1.165) is 66.0 Å². The number of carbonyl (C=O) groups excluding carboxylic acids is 2. The molecule has 3 aromatic rings. The van der Waals surface area contributed by atoms with Crippen LogP contribution in [0.25, 0.3) is 17.2 Å². The second-order valence-corrected chi connectivity index (χ2v) is 9.51. The number of rotatable bonds is 7. The zero-order valence-corrected chi connectivity index (χ0v) is 21.9. The first-order valence-electron chi connectivity index (χ1n) is 12.7. The monoisotopic (exact) mass is 497 g/mol. The van der Waals surface area contributed by atoms with E-state index in [-0.39, 0.29) is 6.03 Å². The van der Waals surface area contributed by atoms with Crippen LogP contribution < -0.4 is 9.80 Å². The maximum Gasteiger partial charge on any atom is 0.330 e. The summed E-state index contributed by atoms with van der Waals surface area (Å²) in [6.45, 7) is 2.01. The number of hydrogen-bond acceptors (Lipinski definition) is 4. The molecule has 0 spiro atoms. The van der Waals surface area contributed by atoms with Gasteiger partial charge < -0.3 is 14.5 Å². The van der Waals surface area contributed by atoms with Crippen LogP contribution in [0.3, 0.4) is 0 Å². The Balaban J connectivity index is 1.58. The number of urea groups is 1. The van der Waals surface area contributed by atoms with E-state index >= 15 is 0 Å². The first-order valence-corrected chi connectivity index (χ1v) is 12.7. The molecule has 0 unspecified atom stereocenters. The summed E-state index contributed by atoms with van der Waals surface area (Å²) in [6, 6.07) is 24.6. The van der Waals surface area contributed by atoms with Crippen molar-refractivity contribution in [2.24, 2.45) is 0 Å². The molecular formula is C31H35N3O3. The molecule has 6 heteroatoms. The third-order valence-electron chi connectivity index (χ3n) is 6.66. The van der Waals surface area contributed by atoms with E-state index in [0.29, 0.717) is 6.54 Å². The van der Waals surface area contributed by atoms with Crippen LogP contribution in [0.4, 0.5) is 16.2 Å². The molecule has 192 valence electrons. The topological polar surface area (TPSA) is 53.1 Å². The molecule has 0 aromatic heterocycles. The molecule has 1 heterocycles. The molecule has 1 aliphatic rings. The van der Waals surface area contributed by atoms with E-state index in [1.165, 1.54) is 13.2 Å². The average Bonchev–Trinajstić information content (AvgIpc) is 2.95. The van der Waals surface area contributed by atoms with Gasteiger partial charge in [0.15, 0.2) is 0 Å². The van der Waals surface area contributed by atoms with Crippen molar-refractivity contribution >= 4 is 29.5 Å². The zero-order chi connectivity index (χ0) is 26.2. The Morgan fingerprint density at radius 2 is 1.51 bits per heavy atom. The summed E-state index contributed by atoms with van der Waals surface area (Å²) in [5, 5.41) is 0. The van der Waals surface area contributed by atoms with Gasteiger partial charge in [0.05, 0.1) is 13.7 Å². The number of amides is 2. The summed E-state index contributed by atoms with van der Waals surface area (Å²) in [4.78, 5) is 31.1. The van der Waals surface area contributed by atoms with Crippen LogP contribution in [0, 0.1) is 0 Å².